The molecule has 0 aromatic heterocycles. The maximum atomic E-state index is 12.4. The predicted octanol–water partition coefficient (Wildman–Crippen LogP) is 4.84. The molecule has 23 heavy (non-hydrogen) atoms. The van der Waals surface area contributed by atoms with E-state index in [2.05, 4.69) is 19.0 Å². The standard InChI is InChI=1S/C17H26ClNO3S/c1-4-14(19-22-8-6-7-18)17-15(20)10-13(11-16(17)21)9-12(3)23-5-2/h6-7,12-13,20H,4-5,8-11H2,1-3H3/b7-6+,19-14+. The second-order valence-corrected chi connectivity index (χ2v) is 7.54. The van der Waals surface area contributed by atoms with Crippen molar-refractivity contribution in [3.05, 3.63) is 22.9 Å². The number of hydrogen-bond donors (Lipinski definition) is 1. The summed E-state index contributed by atoms with van der Waals surface area (Å²) in [4.78, 5) is 17.6. The van der Waals surface area contributed by atoms with Crippen LogP contribution in [0.1, 0.15) is 46.5 Å². The molecule has 0 radical (unpaired) electrons. The van der Waals surface area contributed by atoms with Crippen LogP contribution in [0, 0.1) is 5.92 Å². The smallest absolute Gasteiger partial charge is 0.168 e. The van der Waals surface area contributed by atoms with Gasteiger partial charge in [0.25, 0.3) is 0 Å². The number of halogens is 1. The van der Waals surface area contributed by atoms with Crippen molar-refractivity contribution in [2.45, 2.75) is 51.7 Å². The molecular formula is C17H26ClNO3S. The molecule has 0 spiro atoms. The van der Waals surface area contributed by atoms with Gasteiger partial charge in [0.05, 0.1) is 11.3 Å². The Hall–Kier alpha value is -0.940. The van der Waals surface area contributed by atoms with Crippen LogP contribution in [0.25, 0.3) is 0 Å². The molecule has 0 bridgehead atoms. The van der Waals surface area contributed by atoms with Crippen LogP contribution >= 0.6 is 23.4 Å². The minimum Gasteiger partial charge on any atom is -0.511 e. The van der Waals surface area contributed by atoms with Crippen LogP contribution in [0.5, 0.6) is 0 Å². The van der Waals surface area contributed by atoms with E-state index >= 15 is 0 Å². The van der Waals surface area contributed by atoms with E-state index in [1.165, 1.54) is 5.54 Å². The zero-order valence-corrected chi connectivity index (χ0v) is 15.6. The van der Waals surface area contributed by atoms with Crippen LogP contribution in [0.15, 0.2) is 28.1 Å². The molecule has 1 aliphatic carbocycles. The second-order valence-electron chi connectivity index (χ2n) is 5.57. The highest BCUT2D eigenvalue weighted by molar-refractivity contribution is 7.99. The number of carbonyl (C=O) groups is 1. The van der Waals surface area contributed by atoms with Gasteiger partial charge in [-0.05, 0) is 30.6 Å². The van der Waals surface area contributed by atoms with Gasteiger partial charge in [-0.25, -0.2) is 0 Å². The van der Waals surface area contributed by atoms with Crippen LogP contribution in [0.2, 0.25) is 0 Å². The van der Waals surface area contributed by atoms with E-state index in [0.717, 1.165) is 12.2 Å². The topological polar surface area (TPSA) is 58.9 Å². The minimum absolute atomic E-state index is 0.0375. The summed E-state index contributed by atoms with van der Waals surface area (Å²) in [7, 11) is 0. The molecule has 0 aromatic carbocycles. The number of carbonyl (C=O) groups excluding carboxylic acids is 1. The molecular weight excluding hydrogens is 334 g/mol. The molecule has 0 amide bonds. The van der Waals surface area contributed by atoms with Gasteiger partial charge in [-0.15, -0.1) is 0 Å². The van der Waals surface area contributed by atoms with E-state index in [1.54, 1.807) is 6.08 Å². The number of oxime groups is 1. The highest BCUT2D eigenvalue weighted by Crippen LogP contribution is 2.32. The number of nitrogens with zero attached hydrogens (tertiary/aromatic N) is 1. The van der Waals surface area contributed by atoms with E-state index in [-0.39, 0.29) is 24.1 Å². The first-order chi connectivity index (χ1) is 11.0. The normalized spacial score (nSPS) is 21.1. The first kappa shape index (κ1) is 20.1. The maximum absolute atomic E-state index is 12.4. The minimum atomic E-state index is -0.0375. The molecule has 6 heteroatoms. The molecule has 1 aliphatic rings. The fourth-order valence-corrected chi connectivity index (χ4v) is 3.82. The Labute approximate surface area is 148 Å². The lowest BCUT2D eigenvalue weighted by molar-refractivity contribution is -0.116. The summed E-state index contributed by atoms with van der Waals surface area (Å²) in [6.07, 6.45) is 4.09. The molecule has 0 saturated carbocycles. The second kappa shape index (κ2) is 10.8. The van der Waals surface area contributed by atoms with Gasteiger partial charge in [-0.3, -0.25) is 4.79 Å². The summed E-state index contributed by atoms with van der Waals surface area (Å²) in [5, 5.41) is 14.8. The van der Waals surface area contributed by atoms with Crippen LogP contribution in [-0.4, -0.2) is 34.2 Å². The van der Waals surface area contributed by atoms with Crippen molar-refractivity contribution in [2.24, 2.45) is 11.1 Å². The van der Waals surface area contributed by atoms with Gasteiger partial charge in [0.15, 0.2) is 5.78 Å². The highest BCUT2D eigenvalue weighted by Gasteiger charge is 2.31. The zero-order valence-electron chi connectivity index (χ0n) is 14.0. The number of Topliss-reactive ketones (excluding diaryl/α,β-unsaturated/α-hetero) is 1. The lowest BCUT2D eigenvalue weighted by Crippen LogP contribution is -2.26. The quantitative estimate of drug-likeness (QED) is 0.363. The number of aliphatic hydroxyl groups is 1. The number of thioether (sulfide) groups is 1. The Kier molecular flexibility index (Phi) is 9.41. The van der Waals surface area contributed by atoms with Gasteiger partial charge in [0.2, 0.25) is 0 Å². The van der Waals surface area contributed by atoms with Crippen LogP contribution in [-0.2, 0) is 9.63 Å². The summed E-state index contributed by atoms with van der Waals surface area (Å²) in [6.45, 7) is 6.43. The average Bonchev–Trinajstić information content (AvgIpc) is 2.49. The average molecular weight is 360 g/mol. The van der Waals surface area contributed by atoms with Gasteiger partial charge in [0, 0.05) is 23.6 Å². The van der Waals surface area contributed by atoms with Crippen molar-refractivity contribution >= 4 is 34.9 Å². The Balaban J connectivity index is 2.79. The molecule has 0 heterocycles. The lowest BCUT2D eigenvalue weighted by Gasteiger charge is -2.25. The van der Waals surface area contributed by atoms with Crippen molar-refractivity contribution in [3.8, 4) is 0 Å². The van der Waals surface area contributed by atoms with E-state index in [0.29, 0.717) is 35.8 Å². The molecule has 0 aliphatic heterocycles. The molecule has 1 N–H and O–H groups in total. The molecule has 2 unspecified atom stereocenters. The summed E-state index contributed by atoms with van der Waals surface area (Å²) in [5.74, 6) is 1.38. The first-order valence-corrected chi connectivity index (χ1v) is 9.53. The number of rotatable bonds is 9. The third-order valence-corrected chi connectivity index (χ3v) is 4.97. The van der Waals surface area contributed by atoms with Crippen LogP contribution < -0.4 is 0 Å². The van der Waals surface area contributed by atoms with Crippen molar-refractivity contribution in [2.75, 3.05) is 12.4 Å². The van der Waals surface area contributed by atoms with Gasteiger partial charge >= 0.3 is 0 Å². The van der Waals surface area contributed by atoms with Crippen molar-refractivity contribution in [3.63, 3.8) is 0 Å². The third-order valence-electron chi connectivity index (χ3n) is 3.70. The van der Waals surface area contributed by atoms with E-state index < -0.39 is 0 Å². The summed E-state index contributed by atoms with van der Waals surface area (Å²) >= 11 is 7.30. The van der Waals surface area contributed by atoms with Crippen molar-refractivity contribution in [1.82, 2.24) is 0 Å². The van der Waals surface area contributed by atoms with E-state index in [9.17, 15) is 9.90 Å². The first-order valence-electron chi connectivity index (χ1n) is 8.04. The Morgan fingerprint density at radius 3 is 2.83 bits per heavy atom. The number of aliphatic hydroxyl groups excluding tert-OH is 1. The Morgan fingerprint density at radius 2 is 2.26 bits per heavy atom. The monoisotopic (exact) mass is 359 g/mol. The molecule has 4 nitrogen and oxygen atoms in total. The van der Waals surface area contributed by atoms with Gasteiger partial charge in [0.1, 0.15) is 12.4 Å². The van der Waals surface area contributed by atoms with Crippen LogP contribution in [0.4, 0.5) is 0 Å². The van der Waals surface area contributed by atoms with E-state index in [1.807, 2.05) is 18.7 Å². The lowest BCUT2D eigenvalue weighted by atomic mass is 9.82. The number of hydrogen-bond acceptors (Lipinski definition) is 5. The molecule has 130 valence electrons. The van der Waals surface area contributed by atoms with Gasteiger partial charge in [-0.1, -0.05) is 37.5 Å². The van der Waals surface area contributed by atoms with Crippen LogP contribution in [0.3, 0.4) is 0 Å². The largest absolute Gasteiger partial charge is 0.511 e. The maximum Gasteiger partial charge on any atom is 0.168 e. The Morgan fingerprint density at radius 1 is 1.52 bits per heavy atom. The predicted molar refractivity (Wildman–Crippen MR) is 98.3 cm³/mol. The molecule has 0 saturated heterocycles. The third kappa shape index (κ3) is 6.60. The molecule has 2 atom stereocenters. The van der Waals surface area contributed by atoms with E-state index in [4.69, 9.17) is 16.4 Å². The molecule has 0 fully saturated rings. The van der Waals surface area contributed by atoms with Crippen molar-refractivity contribution in [1.29, 1.82) is 0 Å². The summed E-state index contributed by atoms with van der Waals surface area (Å²) in [6, 6.07) is 0. The highest BCUT2D eigenvalue weighted by atomic mass is 35.5. The fraction of sp³-hybridized carbons (Fsp3) is 0.647. The summed E-state index contributed by atoms with van der Waals surface area (Å²) < 4.78 is 0. The SMILES string of the molecule is CCSC(C)CC1CC(=O)C(/C(CC)=N/OC/C=C/Cl)=C(O)C1. The van der Waals surface area contributed by atoms with Gasteiger partial charge < -0.3 is 9.94 Å². The zero-order chi connectivity index (χ0) is 17.2. The Bertz CT molecular complexity index is 488. The fourth-order valence-electron chi connectivity index (χ4n) is 2.77. The number of ketones is 1. The van der Waals surface area contributed by atoms with Gasteiger partial charge in [-0.2, -0.15) is 11.8 Å². The van der Waals surface area contributed by atoms with Crippen molar-refractivity contribution < 1.29 is 14.7 Å². The number of allylic oxidation sites excluding steroid dienone is 2. The molecule has 0 aromatic rings. The molecule has 1 rings (SSSR count). The summed E-state index contributed by atoms with van der Waals surface area (Å²) in [5.41, 5.74) is 2.20.